The Morgan fingerprint density at radius 3 is 2.70 bits per heavy atom. The first kappa shape index (κ1) is 19.4. The molecule has 6 heteroatoms. The predicted octanol–water partition coefficient (Wildman–Crippen LogP) is 3.28. The Morgan fingerprint density at radius 1 is 1.13 bits per heavy atom. The van der Waals surface area contributed by atoms with E-state index in [1.165, 1.54) is 18.5 Å². The van der Waals surface area contributed by atoms with Crippen molar-refractivity contribution in [2.75, 3.05) is 44.7 Å². The number of hydrogen-bond acceptors (Lipinski definition) is 5. The second-order valence-corrected chi connectivity index (χ2v) is 9.01. The second-order valence-electron chi connectivity index (χ2n) is 9.01. The molecule has 30 heavy (non-hydrogen) atoms. The molecule has 158 valence electrons. The van der Waals surface area contributed by atoms with E-state index < -0.39 is 0 Å². The molecular formula is C24H32N6. The maximum absolute atomic E-state index is 4.90. The van der Waals surface area contributed by atoms with E-state index in [4.69, 9.17) is 9.98 Å². The highest BCUT2D eigenvalue weighted by molar-refractivity contribution is 6.01. The third-order valence-corrected chi connectivity index (χ3v) is 6.41. The third-order valence-electron chi connectivity index (χ3n) is 6.41. The van der Waals surface area contributed by atoms with E-state index in [-0.39, 0.29) is 0 Å². The Balaban J connectivity index is 1.40. The molecule has 2 fully saturated rings. The number of aliphatic imine (C=N–C) groups is 1. The number of fused-ring (bicyclic) bond motifs is 1. The third kappa shape index (κ3) is 4.15. The van der Waals surface area contributed by atoms with E-state index in [0.717, 1.165) is 68.0 Å². The molecule has 0 spiro atoms. The lowest BCUT2D eigenvalue weighted by Crippen LogP contribution is -2.44. The summed E-state index contributed by atoms with van der Waals surface area (Å²) in [6.45, 7) is 7.47. The summed E-state index contributed by atoms with van der Waals surface area (Å²) in [5, 5.41) is 3.38. The van der Waals surface area contributed by atoms with Crippen LogP contribution in [0.25, 0.3) is 5.70 Å². The number of anilines is 1. The van der Waals surface area contributed by atoms with Crippen LogP contribution in [-0.2, 0) is 0 Å². The molecule has 0 aromatic carbocycles. The molecule has 0 radical (unpaired) electrons. The summed E-state index contributed by atoms with van der Waals surface area (Å²) >= 11 is 0. The minimum atomic E-state index is 0.466. The van der Waals surface area contributed by atoms with Crippen molar-refractivity contribution in [2.45, 2.75) is 26.2 Å². The van der Waals surface area contributed by atoms with Gasteiger partial charge in [0, 0.05) is 56.9 Å². The van der Waals surface area contributed by atoms with Crippen molar-refractivity contribution in [3.05, 3.63) is 54.1 Å². The molecule has 1 saturated heterocycles. The molecular weight excluding hydrogens is 372 g/mol. The number of piperazine rings is 1. The lowest BCUT2D eigenvalue weighted by molar-refractivity contribution is 0.312. The van der Waals surface area contributed by atoms with Crippen molar-refractivity contribution < 1.29 is 0 Å². The van der Waals surface area contributed by atoms with Crippen molar-refractivity contribution in [1.82, 2.24) is 20.1 Å². The number of nitrogens with one attached hydrogen (secondary N) is 1. The fourth-order valence-corrected chi connectivity index (χ4v) is 4.22. The van der Waals surface area contributed by atoms with Gasteiger partial charge in [-0.05, 0) is 50.3 Å². The number of pyridine rings is 1. The molecule has 1 aromatic heterocycles. The van der Waals surface area contributed by atoms with Crippen LogP contribution >= 0.6 is 0 Å². The van der Waals surface area contributed by atoms with E-state index in [9.17, 15) is 0 Å². The molecule has 1 aliphatic carbocycles. The van der Waals surface area contributed by atoms with E-state index in [0.29, 0.717) is 5.92 Å². The van der Waals surface area contributed by atoms with Crippen molar-refractivity contribution >= 4 is 17.4 Å². The Morgan fingerprint density at radius 2 is 1.97 bits per heavy atom. The minimum Gasteiger partial charge on any atom is -0.354 e. The summed E-state index contributed by atoms with van der Waals surface area (Å²) in [6.07, 6.45) is 14.5. The zero-order valence-corrected chi connectivity index (χ0v) is 18.1. The van der Waals surface area contributed by atoms with Crippen molar-refractivity contribution in [2.24, 2.45) is 16.8 Å². The number of rotatable bonds is 4. The second kappa shape index (κ2) is 8.26. The smallest absolute Gasteiger partial charge is 0.149 e. The topological polar surface area (TPSA) is 47.0 Å². The van der Waals surface area contributed by atoms with Gasteiger partial charge in [0.15, 0.2) is 0 Å². The standard InChI is InChI=1S/C24H32N6/c1-18-3-7-21-24(27-16-19-4-5-19)25-9-10-30(21)22(15-18)20-6-8-23(26-17-20)29-13-11-28(2)12-14-29/h6-10,15,17-19H,3-5,11-14,16H2,1-2H3,(H,25,27). The summed E-state index contributed by atoms with van der Waals surface area (Å²) in [4.78, 5) is 16.8. The van der Waals surface area contributed by atoms with Crippen LogP contribution < -0.4 is 10.2 Å². The van der Waals surface area contributed by atoms with Gasteiger partial charge in [-0.1, -0.05) is 19.1 Å². The van der Waals surface area contributed by atoms with Gasteiger partial charge in [0.2, 0.25) is 0 Å². The lowest BCUT2D eigenvalue weighted by Gasteiger charge is -2.33. The van der Waals surface area contributed by atoms with E-state index in [2.05, 4.69) is 64.5 Å². The SMILES string of the molecule is CC1C=C(c2ccc(N3CCN(C)CC3)nc2)N2C=CNC(=NCC3CC3)C2=CC1. The van der Waals surface area contributed by atoms with Gasteiger partial charge < -0.3 is 20.0 Å². The summed E-state index contributed by atoms with van der Waals surface area (Å²) in [6, 6.07) is 4.40. The summed E-state index contributed by atoms with van der Waals surface area (Å²) in [5.41, 5.74) is 3.51. The largest absolute Gasteiger partial charge is 0.354 e. The molecule has 0 amide bonds. The minimum absolute atomic E-state index is 0.466. The molecule has 4 heterocycles. The quantitative estimate of drug-likeness (QED) is 0.835. The number of aromatic nitrogens is 1. The number of likely N-dealkylation sites (N-methyl/N-ethyl adjacent to an activating group) is 1. The average molecular weight is 405 g/mol. The first-order valence-corrected chi connectivity index (χ1v) is 11.3. The maximum Gasteiger partial charge on any atom is 0.149 e. The Labute approximate surface area is 179 Å². The van der Waals surface area contributed by atoms with Gasteiger partial charge in [0.1, 0.15) is 11.7 Å². The van der Waals surface area contributed by atoms with Crippen molar-refractivity contribution in [3.63, 3.8) is 0 Å². The van der Waals surface area contributed by atoms with Gasteiger partial charge in [-0.15, -0.1) is 0 Å². The van der Waals surface area contributed by atoms with Gasteiger partial charge in [0.25, 0.3) is 0 Å². The predicted molar refractivity (Wildman–Crippen MR) is 123 cm³/mol. The molecule has 3 aliphatic heterocycles. The zero-order valence-electron chi connectivity index (χ0n) is 18.1. The van der Waals surface area contributed by atoms with E-state index in [1.807, 2.05) is 12.4 Å². The van der Waals surface area contributed by atoms with Gasteiger partial charge in [-0.2, -0.15) is 0 Å². The van der Waals surface area contributed by atoms with Gasteiger partial charge in [-0.25, -0.2) is 4.98 Å². The normalized spacial score (nSPS) is 26.1. The highest BCUT2D eigenvalue weighted by Gasteiger charge is 2.26. The fraction of sp³-hybridized carbons (Fsp3) is 0.500. The van der Waals surface area contributed by atoms with E-state index in [1.54, 1.807) is 0 Å². The molecule has 1 atom stereocenters. The molecule has 5 rings (SSSR count). The monoisotopic (exact) mass is 404 g/mol. The number of hydrogen-bond donors (Lipinski definition) is 1. The highest BCUT2D eigenvalue weighted by atomic mass is 15.3. The van der Waals surface area contributed by atoms with Crippen LogP contribution in [0, 0.1) is 11.8 Å². The van der Waals surface area contributed by atoms with Crippen LogP contribution in [0.5, 0.6) is 0 Å². The Kier molecular flexibility index (Phi) is 5.34. The molecule has 1 aromatic rings. The van der Waals surface area contributed by atoms with Gasteiger partial charge in [0.05, 0.1) is 11.4 Å². The van der Waals surface area contributed by atoms with E-state index >= 15 is 0 Å². The lowest BCUT2D eigenvalue weighted by atomic mass is 10.0. The molecule has 1 unspecified atom stereocenters. The summed E-state index contributed by atoms with van der Waals surface area (Å²) < 4.78 is 0. The number of nitrogens with zero attached hydrogens (tertiary/aromatic N) is 5. The van der Waals surface area contributed by atoms with Crippen molar-refractivity contribution in [1.29, 1.82) is 0 Å². The van der Waals surface area contributed by atoms with Crippen LogP contribution in [-0.4, -0.2) is 60.4 Å². The van der Waals surface area contributed by atoms with Gasteiger partial charge in [-0.3, -0.25) is 4.99 Å². The zero-order chi connectivity index (χ0) is 20.5. The van der Waals surface area contributed by atoms with Crippen LogP contribution in [0.15, 0.2) is 53.6 Å². The molecule has 0 bridgehead atoms. The molecule has 1 saturated carbocycles. The first-order chi connectivity index (χ1) is 14.7. The number of amidine groups is 1. The Hall–Kier alpha value is -2.60. The van der Waals surface area contributed by atoms with Crippen LogP contribution in [0.1, 0.15) is 31.7 Å². The number of allylic oxidation sites excluding steroid dienone is 2. The Bertz CT molecular complexity index is 885. The van der Waals surface area contributed by atoms with Crippen LogP contribution in [0.4, 0.5) is 5.82 Å². The first-order valence-electron chi connectivity index (χ1n) is 11.3. The summed E-state index contributed by atoms with van der Waals surface area (Å²) in [5.74, 6) is 3.32. The maximum atomic E-state index is 4.90. The molecule has 6 nitrogen and oxygen atoms in total. The molecule has 1 N–H and O–H groups in total. The van der Waals surface area contributed by atoms with Crippen LogP contribution in [0.3, 0.4) is 0 Å². The van der Waals surface area contributed by atoms with Crippen LogP contribution in [0.2, 0.25) is 0 Å². The fourth-order valence-electron chi connectivity index (χ4n) is 4.22. The van der Waals surface area contributed by atoms with Crippen molar-refractivity contribution in [3.8, 4) is 0 Å². The summed E-state index contributed by atoms with van der Waals surface area (Å²) in [7, 11) is 2.18. The van der Waals surface area contributed by atoms with Gasteiger partial charge >= 0.3 is 0 Å². The molecule has 4 aliphatic rings. The highest BCUT2D eigenvalue weighted by Crippen LogP contribution is 2.33. The average Bonchev–Trinajstić information content (AvgIpc) is 3.61.